The first-order chi connectivity index (χ1) is 7.88. The van der Waals surface area contributed by atoms with Crippen molar-refractivity contribution in [3.05, 3.63) is 40.8 Å². The molecular weight excluding hydrogens is 218 g/mol. The van der Waals surface area contributed by atoms with Crippen molar-refractivity contribution in [1.29, 1.82) is 0 Å². The third kappa shape index (κ3) is 1.42. The maximum absolute atomic E-state index is 4.57. The second-order valence-electron chi connectivity index (χ2n) is 3.54. The van der Waals surface area contributed by atoms with E-state index in [9.17, 15) is 0 Å². The summed E-state index contributed by atoms with van der Waals surface area (Å²) >= 11 is 1.68. The lowest BCUT2D eigenvalue weighted by Gasteiger charge is -1.98. The number of hydrogen-bond donors (Lipinski definition) is 0. The van der Waals surface area contributed by atoms with Crippen LogP contribution in [0.3, 0.4) is 0 Å². The molecule has 0 aliphatic rings. The van der Waals surface area contributed by atoms with Gasteiger partial charge in [0.1, 0.15) is 0 Å². The minimum atomic E-state index is 0.862. The van der Waals surface area contributed by atoms with Crippen molar-refractivity contribution >= 4 is 17.0 Å². The highest BCUT2D eigenvalue weighted by atomic mass is 32.1. The van der Waals surface area contributed by atoms with Crippen LogP contribution in [0.15, 0.2) is 29.0 Å². The van der Waals surface area contributed by atoms with Gasteiger partial charge in [-0.1, -0.05) is 6.92 Å². The van der Waals surface area contributed by atoms with Gasteiger partial charge >= 0.3 is 0 Å². The predicted molar refractivity (Wildman–Crippen MR) is 64.5 cm³/mol. The Bertz CT molecular complexity index is 610. The number of rotatable bonds is 2. The summed E-state index contributed by atoms with van der Waals surface area (Å²) in [6, 6.07) is 5.96. The Morgan fingerprint density at radius 3 is 3.19 bits per heavy atom. The second kappa shape index (κ2) is 3.72. The monoisotopic (exact) mass is 228 g/mol. The number of fused-ring (bicyclic) bond motifs is 1. The third-order valence-corrected chi connectivity index (χ3v) is 3.24. The highest BCUT2D eigenvalue weighted by Crippen LogP contribution is 2.21. The average molecular weight is 228 g/mol. The van der Waals surface area contributed by atoms with Gasteiger partial charge in [0.2, 0.25) is 0 Å². The average Bonchev–Trinajstić information content (AvgIpc) is 2.96. The zero-order valence-electron chi connectivity index (χ0n) is 8.84. The van der Waals surface area contributed by atoms with Crippen molar-refractivity contribution in [2.75, 3.05) is 0 Å². The first kappa shape index (κ1) is 9.54. The Morgan fingerprint density at radius 1 is 1.50 bits per heavy atom. The van der Waals surface area contributed by atoms with Crippen LogP contribution in [0.5, 0.6) is 0 Å². The molecule has 3 aromatic rings. The van der Waals surface area contributed by atoms with E-state index in [1.807, 2.05) is 16.6 Å². The van der Waals surface area contributed by atoms with E-state index in [1.165, 1.54) is 0 Å². The van der Waals surface area contributed by atoms with Crippen molar-refractivity contribution in [2.24, 2.45) is 0 Å². The summed E-state index contributed by atoms with van der Waals surface area (Å²) in [4.78, 5) is 4.20. The Morgan fingerprint density at radius 2 is 2.44 bits per heavy atom. The van der Waals surface area contributed by atoms with E-state index >= 15 is 0 Å². The predicted octanol–water partition coefficient (Wildman–Crippen LogP) is 2.82. The molecule has 0 saturated heterocycles. The van der Waals surface area contributed by atoms with Crippen LogP contribution in [-0.2, 0) is 6.42 Å². The SMILES string of the molecule is CCc1c[c]nc2cc(-c3ccsc3)nn12. The van der Waals surface area contributed by atoms with Crippen LogP contribution >= 0.6 is 11.3 Å². The van der Waals surface area contributed by atoms with Gasteiger partial charge in [-0.3, -0.25) is 0 Å². The van der Waals surface area contributed by atoms with Gasteiger partial charge in [0.15, 0.2) is 5.65 Å². The van der Waals surface area contributed by atoms with Gasteiger partial charge in [-0.25, -0.2) is 9.50 Å². The summed E-state index contributed by atoms with van der Waals surface area (Å²) in [6.07, 6.45) is 3.84. The highest BCUT2D eigenvalue weighted by Gasteiger charge is 2.07. The fraction of sp³-hybridized carbons (Fsp3) is 0.167. The number of nitrogens with zero attached hydrogens (tertiary/aromatic N) is 3. The van der Waals surface area contributed by atoms with E-state index in [4.69, 9.17) is 0 Å². The summed E-state index contributed by atoms with van der Waals surface area (Å²) in [6.45, 7) is 2.11. The van der Waals surface area contributed by atoms with Crippen LogP contribution in [0, 0.1) is 6.20 Å². The van der Waals surface area contributed by atoms with Crippen molar-refractivity contribution in [2.45, 2.75) is 13.3 Å². The van der Waals surface area contributed by atoms with Gasteiger partial charge < -0.3 is 0 Å². The molecule has 3 rings (SSSR count). The van der Waals surface area contributed by atoms with E-state index in [2.05, 4.69) is 40.0 Å². The Labute approximate surface area is 97.4 Å². The molecule has 3 nitrogen and oxygen atoms in total. The fourth-order valence-corrected chi connectivity index (χ4v) is 2.35. The molecule has 0 fully saturated rings. The lowest BCUT2D eigenvalue weighted by Crippen LogP contribution is -1.98. The molecule has 79 valence electrons. The smallest absolute Gasteiger partial charge is 0.156 e. The van der Waals surface area contributed by atoms with E-state index in [0.717, 1.165) is 29.0 Å². The summed E-state index contributed by atoms with van der Waals surface area (Å²) in [5, 5.41) is 8.72. The molecule has 0 bridgehead atoms. The normalized spacial score (nSPS) is 11.1. The van der Waals surface area contributed by atoms with Crippen LogP contribution in [0.4, 0.5) is 0 Å². The van der Waals surface area contributed by atoms with Gasteiger partial charge in [0.25, 0.3) is 0 Å². The van der Waals surface area contributed by atoms with Gasteiger partial charge in [-0.15, -0.1) is 0 Å². The van der Waals surface area contributed by atoms with Crippen molar-refractivity contribution in [3.8, 4) is 11.3 Å². The minimum Gasteiger partial charge on any atom is -0.227 e. The highest BCUT2D eigenvalue weighted by molar-refractivity contribution is 7.08. The van der Waals surface area contributed by atoms with Crippen LogP contribution in [-0.4, -0.2) is 14.6 Å². The molecule has 0 saturated carbocycles. The van der Waals surface area contributed by atoms with Gasteiger partial charge in [0.05, 0.1) is 11.9 Å². The topological polar surface area (TPSA) is 30.2 Å². The number of aromatic nitrogens is 3. The summed E-state index contributed by atoms with van der Waals surface area (Å²) in [5.41, 5.74) is 4.12. The van der Waals surface area contributed by atoms with Gasteiger partial charge in [-0.2, -0.15) is 16.4 Å². The second-order valence-corrected chi connectivity index (χ2v) is 4.32. The zero-order valence-corrected chi connectivity index (χ0v) is 9.66. The number of thiophene rings is 1. The molecule has 0 spiro atoms. The molecule has 3 aromatic heterocycles. The fourth-order valence-electron chi connectivity index (χ4n) is 1.70. The van der Waals surface area contributed by atoms with E-state index < -0.39 is 0 Å². The van der Waals surface area contributed by atoms with Crippen molar-refractivity contribution in [1.82, 2.24) is 14.6 Å². The third-order valence-electron chi connectivity index (χ3n) is 2.55. The van der Waals surface area contributed by atoms with Crippen molar-refractivity contribution < 1.29 is 0 Å². The molecule has 4 heteroatoms. The first-order valence-corrected chi connectivity index (χ1v) is 6.11. The Kier molecular flexibility index (Phi) is 2.22. The molecule has 0 amide bonds. The molecule has 1 radical (unpaired) electrons. The molecule has 0 atom stereocenters. The van der Waals surface area contributed by atoms with Crippen LogP contribution in [0.2, 0.25) is 0 Å². The number of aryl methyl sites for hydroxylation is 1. The Hall–Kier alpha value is -1.68. The Balaban J connectivity index is 2.23. The molecular formula is C12H10N3S. The van der Waals surface area contributed by atoms with Gasteiger partial charge in [-0.05, 0) is 23.9 Å². The maximum atomic E-state index is 4.57. The van der Waals surface area contributed by atoms with Crippen LogP contribution in [0.25, 0.3) is 16.9 Å². The lowest BCUT2D eigenvalue weighted by molar-refractivity contribution is 0.851. The summed E-state index contributed by atoms with van der Waals surface area (Å²) < 4.78 is 1.89. The quantitative estimate of drug-likeness (QED) is 0.675. The molecule has 0 aliphatic heterocycles. The maximum Gasteiger partial charge on any atom is 0.156 e. The minimum absolute atomic E-state index is 0.862. The number of hydrogen-bond acceptors (Lipinski definition) is 3. The summed E-state index contributed by atoms with van der Waals surface area (Å²) in [5.74, 6) is 0. The summed E-state index contributed by atoms with van der Waals surface area (Å²) in [7, 11) is 0. The van der Waals surface area contributed by atoms with Crippen molar-refractivity contribution in [3.63, 3.8) is 0 Å². The molecule has 3 heterocycles. The standard InChI is InChI=1S/C12H10N3S/c1-2-10-3-5-13-12-7-11(14-15(10)12)9-4-6-16-8-9/h3-4,6-8H,2H2,1H3. The first-order valence-electron chi connectivity index (χ1n) is 5.17. The lowest BCUT2D eigenvalue weighted by atomic mass is 10.2. The molecule has 0 aliphatic carbocycles. The molecule has 0 aromatic carbocycles. The van der Waals surface area contributed by atoms with E-state index in [1.54, 1.807) is 11.3 Å². The largest absolute Gasteiger partial charge is 0.227 e. The molecule has 0 N–H and O–H groups in total. The zero-order chi connectivity index (χ0) is 11.0. The molecule has 16 heavy (non-hydrogen) atoms. The van der Waals surface area contributed by atoms with E-state index in [-0.39, 0.29) is 0 Å². The molecule has 0 unspecified atom stereocenters. The van der Waals surface area contributed by atoms with Crippen LogP contribution < -0.4 is 0 Å². The van der Waals surface area contributed by atoms with Gasteiger partial charge in [0, 0.05) is 22.7 Å². The van der Waals surface area contributed by atoms with E-state index in [0.29, 0.717) is 0 Å². The van der Waals surface area contributed by atoms with Crippen LogP contribution in [0.1, 0.15) is 12.6 Å².